The van der Waals surface area contributed by atoms with Crippen LogP contribution in [0.4, 0.5) is 13.2 Å². The SMILES string of the molecule is CN(CCO)/N=N\OCOC(=O)C1=Cc2cc(Cl)cc(Cl)c2OC1C(F)(F)F. The molecule has 1 aliphatic rings. The Kier molecular flexibility index (Phi) is 7.33. The van der Waals surface area contributed by atoms with E-state index in [0.29, 0.717) is 0 Å². The molecule has 0 saturated heterocycles. The van der Waals surface area contributed by atoms with Gasteiger partial charge in [0.2, 0.25) is 6.10 Å². The van der Waals surface area contributed by atoms with Crippen LogP contribution in [-0.4, -0.2) is 55.4 Å². The molecule has 0 saturated carbocycles. The summed E-state index contributed by atoms with van der Waals surface area (Å²) in [6, 6.07) is 2.52. The van der Waals surface area contributed by atoms with Gasteiger partial charge in [0.05, 0.1) is 23.7 Å². The molecule has 0 bridgehead atoms. The number of likely N-dealkylation sites (N-methyl/N-ethyl adjacent to an activating group) is 1. The molecular weight excluding hydrogens is 430 g/mol. The van der Waals surface area contributed by atoms with Crippen LogP contribution in [0.5, 0.6) is 5.75 Å². The third kappa shape index (κ3) is 5.63. The third-order valence-corrected chi connectivity index (χ3v) is 3.81. The minimum absolute atomic E-state index is 0.0937. The Morgan fingerprint density at radius 3 is 2.75 bits per heavy atom. The molecule has 0 amide bonds. The molecule has 1 N–H and O–H groups in total. The zero-order valence-corrected chi connectivity index (χ0v) is 15.8. The van der Waals surface area contributed by atoms with E-state index in [0.717, 1.165) is 6.08 Å². The maximum Gasteiger partial charge on any atom is 0.430 e. The van der Waals surface area contributed by atoms with Crippen molar-refractivity contribution in [2.75, 3.05) is 27.0 Å². The Bertz CT molecular complexity index is 789. The van der Waals surface area contributed by atoms with E-state index in [1.54, 1.807) is 0 Å². The Balaban J connectivity index is 2.13. The van der Waals surface area contributed by atoms with Gasteiger partial charge in [-0.2, -0.15) is 13.2 Å². The van der Waals surface area contributed by atoms with Gasteiger partial charge in [-0.05, 0) is 23.4 Å². The number of hydrogen-bond acceptors (Lipinski definition) is 7. The van der Waals surface area contributed by atoms with Crippen LogP contribution < -0.4 is 4.74 Å². The van der Waals surface area contributed by atoms with Crippen LogP contribution in [0, 0.1) is 0 Å². The third-order valence-electron chi connectivity index (χ3n) is 3.31. The highest BCUT2D eigenvalue weighted by molar-refractivity contribution is 6.36. The molecule has 1 aliphatic heterocycles. The van der Waals surface area contributed by atoms with Crippen molar-refractivity contribution in [2.24, 2.45) is 10.5 Å². The number of benzene rings is 1. The number of carbonyl (C=O) groups is 1. The van der Waals surface area contributed by atoms with Gasteiger partial charge in [-0.3, -0.25) is 5.01 Å². The van der Waals surface area contributed by atoms with Gasteiger partial charge in [-0.1, -0.05) is 23.2 Å². The molecule has 1 aromatic rings. The molecule has 0 aliphatic carbocycles. The van der Waals surface area contributed by atoms with Crippen LogP contribution in [0.25, 0.3) is 6.08 Å². The van der Waals surface area contributed by atoms with Crippen LogP contribution in [0.2, 0.25) is 10.0 Å². The van der Waals surface area contributed by atoms with Gasteiger partial charge in [0.25, 0.3) is 6.79 Å². The fraction of sp³-hybridized carbons (Fsp3) is 0.400. The number of alkyl halides is 3. The van der Waals surface area contributed by atoms with Gasteiger partial charge in [0.15, 0.2) is 0 Å². The summed E-state index contributed by atoms with van der Waals surface area (Å²) in [5.41, 5.74) is -0.715. The number of halogens is 5. The van der Waals surface area contributed by atoms with Crippen LogP contribution in [0.15, 0.2) is 28.2 Å². The van der Waals surface area contributed by atoms with Crippen molar-refractivity contribution in [2.45, 2.75) is 12.3 Å². The van der Waals surface area contributed by atoms with Crippen molar-refractivity contribution in [1.29, 1.82) is 0 Å². The Labute approximate surface area is 167 Å². The monoisotopic (exact) mass is 443 g/mol. The zero-order valence-electron chi connectivity index (χ0n) is 14.2. The first-order chi connectivity index (χ1) is 13.1. The van der Waals surface area contributed by atoms with E-state index in [4.69, 9.17) is 33.0 Å². The number of aliphatic hydroxyl groups is 1. The second-order valence-corrected chi connectivity index (χ2v) is 6.24. The average Bonchev–Trinajstić information content (AvgIpc) is 2.59. The summed E-state index contributed by atoms with van der Waals surface area (Å²) in [4.78, 5) is 16.6. The summed E-state index contributed by atoms with van der Waals surface area (Å²) in [6.07, 6.45) is -6.55. The van der Waals surface area contributed by atoms with Crippen molar-refractivity contribution in [3.8, 4) is 5.75 Å². The molecule has 0 fully saturated rings. The van der Waals surface area contributed by atoms with Gasteiger partial charge in [-0.25, -0.2) is 4.79 Å². The van der Waals surface area contributed by atoms with E-state index in [9.17, 15) is 18.0 Å². The highest BCUT2D eigenvalue weighted by Crippen LogP contribution is 2.42. The summed E-state index contributed by atoms with van der Waals surface area (Å²) in [7, 11) is 1.49. The largest absolute Gasteiger partial charge is 0.474 e. The van der Waals surface area contributed by atoms with Crippen molar-refractivity contribution >= 4 is 35.2 Å². The average molecular weight is 444 g/mol. The highest BCUT2D eigenvalue weighted by atomic mass is 35.5. The Morgan fingerprint density at radius 1 is 1.39 bits per heavy atom. The predicted octanol–water partition coefficient (Wildman–Crippen LogP) is 3.42. The van der Waals surface area contributed by atoms with Crippen molar-refractivity contribution in [3.05, 3.63) is 33.3 Å². The van der Waals surface area contributed by atoms with Crippen LogP contribution >= 0.6 is 23.2 Å². The lowest BCUT2D eigenvalue weighted by Gasteiger charge is -2.28. The lowest BCUT2D eigenvalue weighted by Crippen LogP contribution is -2.41. The molecular formula is C15H14Cl2F3N3O5. The number of esters is 1. The van der Waals surface area contributed by atoms with Gasteiger partial charge >= 0.3 is 12.1 Å². The van der Waals surface area contributed by atoms with Crippen LogP contribution in [-0.2, 0) is 14.4 Å². The molecule has 1 atom stereocenters. The summed E-state index contributed by atoms with van der Waals surface area (Å²) in [5.74, 6) is -1.58. The Morgan fingerprint density at radius 2 is 2.11 bits per heavy atom. The molecule has 154 valence electrons. The van der Waals surface area contributed by atoms with E-state index in [2.05, 4.69) is 20.1 Å². The molecule has 1 heterocycles. The molecule has 1 unspecified atom stereocenters. The number of nitrogens with zero attached hydrogens (tertiary/aromatic N) is 3. The molecule has 2 rings (SSSR count). The number of hydrogen-bond donors (Lipinski definition) is 1. The van der Waals surface area contributed by atoms with E-state index in [1.165, 1.54) is 24.2 Å². The van der Waals surface area contributed by atoms with Gasteiger partial charge in [-0.15, -0.1) is 0 Å². The summed E-state index contributed by atoms with van der Waals surface area (Å²) < 4.78 is 49.5. The Hall–Kier alpha value is -2.24. The minimum atomic E-state index is -4.90. The second-order valence-electron chi connectivity index (χ2n) is 5.40. The molecule has 0 radical (unpaired) electrons. The highest BCUT2D eigenvalue weighted by Gasteiger charge is 2.49. The van der Waals surface area contributed by atoms with Gasteiger partial charge < -0.3 is 19.4 Å². The quantitative estimate of drug-likeness (QED) is 0.228. The number of carbonyl (C=O) groups excluding carboxylic acids is 1. The lowest BCUT2D eigenvalue weighted by atomic mass is 10.0. The first-order valence-electron chi connectivity index (χ1n) is 7.59. The van der Waals surface area contributed by atoms with Gasteiger partial charge in [0.1, 0.15) is 5.75 Å². The molecule has 0 spiro atoms. The van der Waals surface area contributed by atoms with Gasteiger partial charge in [0, 0.05) is 22.9 Å². The molecule has 8 nitrogen and oxygen atoms in total. The molecule has 28 heavy (non-hydrogen) atoms. The maximum absolute atomic E-state index is 13.3. The van der Waals surface area contributed by atoms with Crippen molar-refractivity contribution in [3.63, 3.8) is 0 Å². The van der Waals surface area contributed by atoms with E-state index >= 15 is 0 Å². The van der Waals surface area contributed by atoms with Crippen molar-refractivity contribution < 1.29 is 37.4 Å². The standard InChI is InChI=1S/C15H14Cl2F3N3O5/c1-23(2-3-24)21-22-27-7-26-14(25)10-5-8-4-9(16)6-11(17)12(8)28-13(10)15(18,19)20/h4-6,13,24H,2-3,7H2,1H3/b22-21-. The van der Waals surface area contributed by atoms with E-state index in [-0.39, 0.29) is 34.5 Å². The maximum atomic E-state index is 13.3. The molecule has 0 aromatic heterocycles. The predicted molar refractivity (Wildman–Crippen MR) is 91.5 cm³/mol. The lowest BCUT2D eigenvalue weighted by molar-refractivity contribution is -0.190. The minimum Gasteiger partial charge on any atom is -0.474 e. The zero-order chi connectivity index (χ0) is 20.9. The molecule has 1 aromatic carbocycles. The van der Waals surface area contributed by atoms with Crippen LogP contribution in [0.1, 0.15) is 5.56 Å². The fourth-order valence-corrected chi connectivity index (χ4v) is 2.66. The first kappa shape index (κ1) is 22.1. The first-order valence-corrected chi connectivity index (χ1v) is 8.35. The summed E-state index contributed by atoms with van der Waals surface area (Å²) in [5, 5.41) is 16.6. The number of aliphatic hydroxyl groups excluding tert-OH is 1. The fourth-order valence-electron chi connectivity index (χ4n) is 2.11. The van der Waals surface area contributed by atoms with E-state index in [1.807, 2.05) is 0 Å². The van der Waals surface area contributed by atoms with E-state index < -0.39 is 30.6 Å². The smallest absolute Gasteiger partial charge is 0.430 e. The number of fused-ring (bicyclic) bond motifs is 1. The van der Waals surface area contributed by atoms with Crippen molar-refractivity contribution in [1.82, 2.24) is 5.01 Å². The van der Waals surface area contributed by atoms with Crippen LogP contribution in [0.3, 0.4) is 0 Å². The molecule has 13 heteroatoms. The number of rotatable bonds is 7. The normalized spacial score (nSPS) is 16.2. The summed E-state index contributed by atoms with van der Waals surface area (Å²) in [6.45, 7) is -0.790. The summed E-state index contributed by atoms with van der Waals surface area (Å²) >= 11 is 11.7. The number of ether oxygens (including phenoxy) is 2. The second kappa shape index (κ2) is 9.30. The topological polar surface area (TPSA) is 93.0 Å².